The van der Waals surface area contributed by atoms with E-state index in [1.54, 1.807) is 17.3 Å². The van der Waals surface area contributed by atoms with Gasteiger partial charge in [0.1, 0.15) is 17.5 Å². The third-order valence-corrected chi connectivity index (χ3v) is 6.41. The van der Waals surface area contributed by atoms with Crippen LogP contribution in [-0.2, 0) is 0 Å². The maximum Gasteiger partial charge on any atom is 0.405 e. The van der Waals surface area contributed by atoms with Gasteiger partial charge >= 0.3 is 6.18 Å². The molecule has 10 heteroatoms. The van der Waals surface area contributed by atoms with Crippen LogP contribution in [0.3, 0.4) is 0 Å². The van der Waals surface area contributed by atoms with E-state index in [4.69, 9.17) is 9.97 Å². The summed E-state index contributed by atoms with van der Waals surface area (Å²) in [6.45, 7) is 2.41. The molecule has 4 aromatic rings. The molecule has 0 bridgehead atoms. The van der Waals surface area contributed by atoms with Crippen LogP contribution < -0.4 is 10.2 Å². The van der Waals surface area contributed by atoms with E-state index < -0.39 is 12.2 Å². The SMILES string of the molecule is Cc1cc2c(-c3nc(N4CCNC(C(F)(F)F)C4)c4c(C5CC5)cncc4n3)ccnc2[nH]1. The summed E-state index contributed by atoms with van der Waals surface area (Å²) in [7, 11) is 0. The van der Waals surface area contributed by atoms with Crippen LogP contribution in [0.1, 0.15) is 30.0 Å². The number of anilines is 1. The van der Waals surface area contributed by atoms with Crippen molar-refractivity contribution in [2.75, 3.05) is 24.5 Å². The molecule has 6 rings (SSSR count). The molecule has 0 amide bonds. The first kappa shape index (κ1) is 20.3. The molecule has 1 aliphatic carbocycles. The Labute approximate surface area is 187 Å². The Morgan fingerprint density at radius 1 is 1.15 bits per heavy atom. The van der Waals surface area contributed by atoms with Crippen molar-refractivity contribution >= 4 is 27.8 Å². The number of nitrogens with one attached hydrogen (secondary N) is 2. The van der Waals surface area contributed by atoms with Gasteiger partial charge in [-0.25, -0.2) is 15.0 Å². The normalized spacial score (nSPS) is 19.5. The zero-order chi connectivity index (χ0) is 22.7. The summed E-state index contributed by atoms with van der Waals surface area (Å²) < 4.78 is 40.6. The third-order valence-electron chi connectivity index (χ3n) is 6.41. The summed E-state index contributed by atoms with van der Waals surface area (Å²) in [6, 6.07) is 2.22. The molecule has 2 aliphatic rings. The zero-order valence-electron chi connectivity index (χ0n) is 17.9. The Bertz CT molecular complexity index is 1360. The lowest BCUT2D eigenvalue weighted by Gasteiger charge is -2.36. The topological polar surface area (TPSA) is 82.6 Å². The molecule has 0 radical (unpaired) electrons. The molecule has 33 heavy (non-hydrogen) atoms. The quantitative estimate of drug-likeness (QED) is 0.486. The first-order valence-electron chi connectivity index (χ1n) is 11.0. The van der Waals surface area contributed by atoms with E-state index in [9.17, 15) is 13.2 Å². The number of aryl methyl sites for hydroxylation is 1. The number of hydrogen-bond acceptors (Lipinski definition) is 6. The maximum absolute atomic E-state index is 13.5. The molecule has 1 saturated carbocycles. The smallest absolute Gasteiger partial charge is 0.353 e. The second kappa shape index (κ2) is 7.38. The van der Waals surface area contributed by atoms with E-state index in [1.165, 1.54) is 0 Å². The number of alkyl halides is 3. The van der Waals surface area contributed by atoms with Crippen LogP contribution in [0, 0.1) is 6.92 Å². The van der Waals surface area contributed by atoms with Gasteiger partial charge < -0.3 is 15.2 Å². The average Bonchev–Trinajstić information content (AvgIpc) is 3.57. The summed E-state index contributed by atoms with van der Waals surface area (Å²) in [4.78, 5) is 23.4. The van der Waals surface area contributed by atoms with Crippen LogP contribution in [0.25, 0.3) is 33.3 Å². The largest absolute Gasteiger partial charge is 0.405 e. The van der Waals surface area contributed by atoms with Gasteiger partial charge in [0.15, 0.2) is 5.82 Å². The number of nitrogens with zero attached hydrogens (tertiary/aromatic N) is 5. The maximum atomic E-state index is 13.5. The van der Waals surface area contributed by atoms with Crippen LogP contribution in [-0.4, -0.2) is 56.8 Å². The van der Waals surface area contributed by atoms with Crippen LogP contribution in [0.4, 0.5) is 19.0 Å². The van der Waals surface area contributed by atoms with E-state index in [-0.39, 0.29) is 13.1 Å². The number of hydrogen-bond donors (Lipinski definition) is 2. The average molecular weight is 453 g/mol. The number of H-pyrrole nitrogens is 1. The predicted molar refractivity (Wildman–Crippen MR) is 119 cm³/mol. The molecule has 1 saturated heterocycles. The molecule has 7 nitrogen and oxygen atoms in total. The van der Waals surface area contributed by atoms with E-state index in [2.05, 4.69) is 20.3 Å². The highest BCUT2D eigenvalue weighted by molar-refractivity contribution is 5.97. The second-order valence-electron chi connectivity index (χ2n) is 8.84. The molecule has 1 unspecified atom stereocenters. The molecule has 170 valence electrons. The Kier molecular flexibility index (Phi) is 4.55. The van der Waals surface area contributed by atoms with E-state index in [0.29, 0.717) is 29.6 Å². The fourth-order valence-corrected chi connectivity index (χ4v) is 4.66. The fourth-order valence-electron chi connectivity index (χ4n) is 4.66. The number of aromatic nitrogens is 5. The monoisotopic (exact) mass is 453 g/mol. The molecule has 0 spiro atoms. The molecule has 1 atom stereocenters. The lowest BCUT2D eigenvalue weighted by molar-refractivity contribution is -0.155. The van der Waals surface area contributed by atoms with Crippen LogP contribution >= 0.6 is 0 Å². The lowest BCUT2D eigenvalue weighted by atomic mass is 10.1. The molecule has 4 aromatic heterocycles. The van der Waals surface area contributed by atoms with Gasteiger partial charge in [-0.05, 0) is 43.4 Å². The first-order chi connectivity index (χ1) is 15.9. The van der Waals surface area contributed by atoms with Gasteiger partial charge in [0.2, 0.25) is 0 Å². The van der Waals surface area contributed by atoms with Crippen molar-refractivity contribution in [2.24, 2.45) is 0 Å². The predicted octanol–water partition coefficient (Wildman–Crippen LogP) is 4.09. The molecule has 2 N–H and O–H groups in total. The van der Waals surface area contributed by atoms with Crippen molar-refractivity contribution < 1.29 is 13.2 Å². The van der Waals surface area contributed by atoms with Gasteiger partial charge in [0.25, 0.3) is 0 Å². The first-order valence-corrected chi connectivity index (χ1v) is 11.0. The minimum absolute atomic E-state index is 0.198. The van der Waals surface area contributed by atoms with Crippen LogP contribution in [0.5, 0.6) is 0 Å². The number of halogens is 3. The number of fused-ring (bicyclic) bond motifs is 2. The molecule has 2 fully saturated rings. The summed E-state index contributed by atoms with van der Waals surface area (Å²) in [6.07, 6.45) is 2.94. The highest BCUT2D eigenvalue weighted by Crippen LogP contribution is 2.45. The molecule has 1 aliphatic heterocycles. The minimum atomic E-state index is -4.33. The molecular formula is C23H22F3N7. The third kappa shape index (κ3) is 3.58. The summed E-state index contributed by atoms with van der Waals surface area (Å²) >= 11 is 0. The number of pyridine rings is 2. The Hall–Kier alpha value is -3.27. The summed E-state index contributed by atoms with van der Waals surface area (Å²) in [5.74, 6) is 1.36. The van der Waals surface area contributed by atoms with Crippen molar-refractivity contribution in [3.8, 4) is 11.4 Å². The summed E-state index contributed by atoms with van der Waals surface area (Å²) in [5.41, 5.74) is 4.14. The van der Waals surface area contributed by atoms with Crippen molar-refractivity contribution in [2.45, 2.75) is 37.9 Å². The van der Waals surface area contributed by atoms with Gasteiger partial charge in [-0.15, -0.1) is 0 Å². The van der Waals surface area contributed by atoms with Crippen LogP contribution in [0.15, 0.2) is 30.7 Å². The van der Waals surface area contributed by atoms with Crippen LogP contribution in [0.2, 0.25) is 0 Å². The van der Waals surface area contributed by atoms with Gasteiger partial charge in [-0.1, -0.05) is 0 Å². The van der Waals surface area contributed by atoms with Gasteiger partial charge in [0, 0.05) is 54.1 Å². The molecule has 0 aromatic carbocycles. The highest BCUT2D eigenvalue weighted by Gasteiger charge is 2.42. The Morgan fingerprint density at radius 2 is 2.00 bits per heavy atom. The summed E-state index contributed by atoms with van der Waals surface area (Å²) in [5, 5.41) is 4.28. The van der Waals surface area contributed by atoms with Crippen molar-refractivity contribution in [1.82, 2.24) is 30.2 Å². The Balaban J connectivity index is 1.56. The lowest BCUT2D eigenvalue weighted by Crippen LogP contribution is -2.57. The van der Waals surface area contributed by atoms with E-state index in [1.807, 2.05) is 25.3 Å². The van der Waals surface area contributed by atoms with E-state index >= 15 is 0 Å². The number of aromatic amines is 1. The van der Waals surface area contributed by atoms with Crippen molar-refractivity contribution in [3.05, 3.63) is 42.0 Å². The van der Waals surface area contributed by atoms with Gasteiger partial charge in [-0.3, -0.25) is 4.98 Å². The Morgan fingerprint density at radius 3 is 2.79 bits per heavy atom. The number of rotatable bonds is 3. The molecule has 5 heterocycles. The van der Waals surface area contributed by atoms with E-state index in [0.717, 1.165) is 46.1 Å². The molecular weight excluding hydrogens is 431 g/mol. The standard InChI is InChI=1S/C23H22F3N7/c1-12-8-15-14(4-5-29-20(15)30-12)21-31-17-10-27-9-16(13-2-3-13)19(17)22(32-21)33-7-6-28-18(11-33)23(24,25)26/h4-5,8-10,13,18,28H,2-3,6-7,11H2,1H3,(H,29,30). The van der Waals surface area contributed by atoms with Gasteiger partial charge in [0.05, 0.1) is 11.7 Å². The minimum Gasteiger partial charge on any atom is -0.353 e. The number of piperazine rings is 1. The van der Waals surface area contributed by atoms with Gasteiger partial charge in [-0.2, -0.15) is 13.2 Å². The zero-order valence-corrected chi connectivity index (χ0v) is 17.9. The second-order valence-corrected chi connectivity index (χ2v) is 8.84. The highest BCUT2D eigenvalue weighted by atomic mass is 19.4. The van der Waals surface area contributed by atoms with Crippen molar-refractivity contribution in [1.29, 1.82) is 0 Å². The van der Waals surface area contributed by atoms with Crippen molar-refractivity contribution in [3.63, 3.8) is 0 Å². The fraction of sp³-hybridized carbons (Fsp3) is 0.391.